The summed E-state index contributed by atoms with van der Waals surface area (Å²) in [7, 11) is 1.54. The van der Waals surface area contributed by atoms with Gasteiger partial charge in [0.2, 0.25) is 5.78 Å². The van der Waals surface area contributed by atoms with Crippen molar-refractivity contribution in [2.75, 3.05) is 12.0 Å². The number of Topliss-reactive ketones (excluding diaryl/α,β-unsaturated/α-hetero) is 1. The Bertz CT molecular complexity index is 1170. The fourth-order valence-electron chi connectivity index (χ4n) is 3.72. The molecule has 0 fully saturated rings. The molecule has 0 radical (unpaired) electrons. The summed E-state index contributed by atoms with van der Waals surface area (Å²) in [4.78, 5) is 28.4. The predicted molar refractivity (Wildman–Crippen MR) is 124 cm³/mol. The molecular weight excluding hydrogens is 426 g/mol. The molecule has 3 aromatic rings. The molecule has 6 nitrogen and oxygen atoms in total. The molecule has 32 heavy (non-hydrogen) atoms. The van der Waals surface area contributed by atoms with E-state index in [0.29, 0.717) is 27.6 Å². The van der Waals surface area contributed by atoms with E-state index in [2.05, 4.69) is 0 Å². The largest absolute Gasteiger partial charge is 0.503 e. The van der Waals surface area contributed by atoms with Crippen LogP contribution in [0.2, 0.25) is 0 Å². The van der Waals surface area contributed by atoms with Crippen LogP contribution in [0.4, 0.5) is 5.69 Å². The quantitative estimate of drug-likeness (QED) is 0.494. The third-order valence-electron chi connectivity index (χ3n) is 5.10. The van der Waals surface area contributed by atoms with E-state index in [-0.39, 0.29) is 17.5 Å². The van der Waals surface area contributed by atoms with Crippen molar-refractivity contribution in [1.82, 2.24) is 0 Å². The van der Waals surface area contributed by atoms with Crippen LogP contribution >= 0.6 is 11.3 Å². The lowest BCUT2D eigenvalue weighted by Gasteiger charge is -2.27. The molecule has 4 rings (SSSR count). The second-order valence-electron chi connectivity index (χ2n) is 7.58. The molecule has 7 heteroatoms. The van der Waals surface area contributed by atoms with Crippen molar-refractivity contribution in [3.63, 3.8) is 0 Å². The minimum Gasteiger partial charge on any atom is -0.503 e. The molecule has 1 unspecified atom stereocenters. The van der Waals surface area contributed by atoms with E-state index in [1.54, 1.807) is 53.9 Å². The van der Waals surface area contributed by atoms with Crippen molar-refractivity contribution in [3.8, 4) is 11.5 Å². The van der Waals surface area contributed by atoms with E-state index >= 15 is 0 Å². The zero-order chi connectivity index (χ0) is 22.8. The topological polar surface area (TPSA) is 76.1 Å². The maximum atomic E-state index is 13.3. The number of methoxy groups -OCH3 is 1. The van der Waals surface area contributed by atoms with Crippen LogP contribution in [0, 0.1) is 0 Å². The third kappa shape index (κ3) is 3.99. The summed E-state index contributed by atoms with van der Waals surface area (Å²) in [6.45, 7) is 3.87. The number of carbonyl (C=O) groups is 2. The van der Waals surface area contributed by atoms with Gasteiger partial charge in [-0.25, -0.2) is 0 Å². The summed E-state index contributed by atoms with van der Waals surface area (Å²) in [6, 6.07) is 16.8. The van der Waals surface area contributed by atoms with Crippen molar-refractivity contribution < 1.29 is 24.2 Å². The second-order valence-corrected chi connectivity index (χ2v) is 8.53. The molecule has 1 aliphatic rings. The third-order valence-corrected chi connectivity index (χ3v) is 5.97. The summed E-state index contributed by atoms with van der Waals surface area (Å²) < 4.78 is 11.0. The van der Waals surface area contributed by atoms with Crippen LogP contribution in [0.25, 0.3) is 0 Å². The van der Waals surface area contributed by atoms with Crippen LogP contribution in [0.5, 0.6) is 11.5 Å². The van der Waals surface area contributed by atoms with Gasteiger partial charge in [-0.1, -0.05) is 24.3 Å². The molecule has 1 N–H and O–H groups in total. The molecule has 0 spiro atoms. The molecule has 0 saturated heterocycles. The first-order valence-electron chi connectivity index (χ1n) is 10.2. The molecule has 1 amide bonds. The summed E-state index contributed by atoms with van der Waals surface area (Å²) in [5.41, 5.74) is 1.25. The minimum absolute atomic E-state index is 0.0158. The molecule has 0 saturated carbocycles. The number of amides is 1. The molecule has 2 aromatic carbocycles. The van der Waals surface area contributed by atoms with E-state index in [1.807, 2.05) is 26.0 Å². The van der Waals surface area contributed by atoms with E-state index in [4.69, 9.17) is 9.47 Å². The maximum absolute atomic E-state index is 13.3. The van der Waals surface area contributed by atoms with E-state index in [0.717, 1.165) is 0 Å². The molecule has 1 aromatic heterocycles. The van der Waals surface area contributed by atoms with Crippen molar-refractivity contribution in [3.05, 3.63) is 87.8 Å². The smallest absolute Gasteiger partial charge is 0.294 e. The first-order valence-corrected chi connectivity index (χ1v) is 11.0. The number of anilines is 1. The summed E-state index contributed by atoms with van der Waals surface area (Å²) >= 11 is 1.27. The number of ether oxygens (including phenoxy) is 2. The summed E-state index contributed by atoms with van der Waals surface area (Å²) in [5, 5.41) is 12.6. The monoisotopic (exact) mass is 449 g/mol. The summed E-state index contributed by atoms with van der Waals surface area (Å²) in [5.74, 6) is -0.305. The van der Waals surface area contributed by atoms with Crippen molar-refractivity contribution in [2.45, 2.75) is 26.0 Å². The number of ketones is 1. The number of hydrogen-bond acceptors (Lipinski definition) is 6. The van der Waals surface area contributed by atoms with Crippen LogP contribution < -0.4 is 14.4 Å². The number of carbonyl (C=O) groups excluding carboxylic acids is 2. The Morgan fingerprint density at radius 3 is 2.44 bits per heavy atom. The van der Waals surface area contributed by atoms with Crippen LogP contribution in [0.15, 0.2) is 77.4 Å². The van der Waals surface area contributed by atoms with Gasteiger partial charge in [0.15, 0.2) is 5.76 Å². The number of nitrogens with zero attached hydrogens (tertiary/aromatic N) is 1. The van der Waals surface area contributed by atoms with Crippen molar-refractivity contribution in [1.29, 1.82) is 0 Å². The SMILES string of the molecule is COc1cccc(N2C(=O)C(O)=C(C(=O)c3cccs3)C2c2ccc(OC(C)C)cc2)c1. The van der Waals surface area contributed by atoms with Crippen molar-refractivity contribution in [2.24, 2.45) is 0 Å². The zero-order valence-electron chi connectivity index (χ0n) is 17.9. The summed E-state index contributed by atoms with van der Waals surface area (Å²) in [6.07, 6.45) is 0.0158. The molecule has 1 atom stereocenters. The first kappa shape index (κ1) is 21.6. The fraction of sp³-hybridized carbons (Fsp3) is 0.200. The van der Waals surface area contributed by atoms with E-state index < -0.39 is 17.7 Å². The van der Waals surface area contributed by atoms with Gasteiger partial charge in [-0.2, -0.15) is 0 Å². The minimum atomic E-state index is -0.794. The molecule has 1 aliphatic heterocycles. The Hall–Kier alpha value is -3.58. The Labute approximate surface area is 190 Å². The van der Waals surface area contributed by atoms with Gasteiger partial charge in [0.05, 0.1) is 29.7 Å². The average molecular weight is 450 g/mol. The molecular formula is C25H23NO5S. The Kier molecular flexibility index (Phi) is 6.01. The highest BCUT2D eigenvalue weighted by Gasteiger charge is 2.45. The zero-order valence-corrected chi connectivity index (χ0v) is 18.8. The molecule has 2 heterocycles. The lowest BCUT2D eigenvalue weighted by Crippen LogP contribution is -2.31. The predicted octanol–water partition coefficient (Wildman–Crippen LogP) is 5.33. The number of aliphatic hydroxyl groups is 1. The number of benzene rings is 2. The van der Waals surface area contributed by atoms with Crippen LogP contribution in [-0.4, -0.2) is 30.0 Å². The fourth-order valence-corrected chi connectivity index (χ4v) is 4.40. The normalized spacial score (nSPS) is 16.1. The number of thiophene rings is 1. The standard InChI is InChI=1S/C25H23NO5S/c1-15(2)31-18-11-9-16(10-12-18)22-21(23(27)20-8-5-13-32-20)24(28)25(29)26(22)17-6-4-7-19(14-17)30-3/h4-15,22,28H,1-3H3. The van der Waals surface area contributed by atoms with Gasteiger partial charge in [-0.3, -0.25) is 14.5 Å². The highest BCUT2D eigenvalue weighted by atomic mass is 32.1. The Morgan fingerprint density at radius 2 is 1.81 bits per heavy atom. The van der Waals surface area contributed by atoms with Crippen LogP contribution in [-0.2, 0) is 4.79 Å². The molecule has 0 bridgehead atoms. The highest BCUT2D eigenvalue weighted by molar-refractivity contribution is 7.12. The lowest BCUT2D eigenvalue weighted by molar-refractivity contribution is -0.117. The highest BCUT2D eigenvalue weighted by Crippen LogP contribution is 2.43. The average Bonchev–Trinajstić information content (AvgIpc) is 3.41. The van der Waals surface area contributed by atoms with Gasteiger partial charge in [0.25, 0.3) is 5.91 Å². The number of aliphatic hydroxyl groups excluding tert-OH is 1. The van der Waals surface area contributed by atoms with Gasteiger partial charge in [-0.05, 0) is 55.1 Å². The second kappa shape index (κ2) is 8.88. The molecule has 0 aliphatic carbocycles. The van der Waals surface area contributed by atoms with E-state index in [1.165, 1.54) is 23.3 Å². The lowest BCUT2D eigenvalue weighted by atomic mass is 9.95. The first-order chi connectivity index (χ1) is 15.4. The van der Waals surface area contributed by atoms with Gasteiger partial charge in [0, 0.05) is 11.8 Å². The van der Waals surface area contributed by atoms with Gasteiger partial charge in [-0.15, -0.1) is 11.3 Å². The number of hydrogen-bond donors (Lipinski definition) is 1. The Balaban J connectivity index is 1.83. The van der Waals surface area contributed by atoms with Crippen molar-refractivity contribution >= 4 is 28.7 Å². The van der Waals surface area contributed by atoms with Gasteiger partial charge >= 0.3 is 0 Å². The van der Waals surface area contributed by atoms with E-state index in [9.17, 15) is 14.7 Å². The molecule has 164 valence electrons. The van der Waals surface area contributed by atoms with Crippen LogP contribution in [0.3, 0.4) is 0 Å². The number of rotatable bonds is 7. The Morgan fingerprint density at radius 1 is 1.06 bits per heavy atom. The van der Waals surface area contributed by atoms with Crippen LogP contribution in [0.1, 0.15) is 35.1 Å². The van der Waals surface area contributed by atoms with Gasteiger partial charge in [0.1, 0.15) is 11.5 Å². The van der Waals surface area contributed by atoms with Gasteiger partial charge < -0.3 is 14.6 Å². The maximum Gasteiger partial charge on any atom is 0.294 e.